The molecule has 4 heteroatoms. The van der Waals surface area contributed by atoms with Gasteiger partial charge in [0.1, 0.15) is 0 Å². The highest BCUT2D eigenvalue weighted by atomic mass is 35.5. The Morgan fingerprint density at radius 2 is 1.79 bits per heavy atom. The van der Waals surface area contributed by atoms with Gasteiger partial charge in [-0.1, -0.05) is 36.8 Å². The predicted molar refractivity (Wildman–Crippen MR) is 101 cm³/mol. The average molecular weight is 351 g/mol. The number of amides is 1. The Labute approximate surface area is 152 Å². The van der Waals surface area contributed by atoms with Crippen LogP contribution in [0, 0.1) is 11.8 Å². The molecule has 1 aromatic carbocycles. The molecule has 1 amide bonds. The number of nitrogens with zero attached hydrogens (tertiary/aromatic N) is 1. The molecule has 134 valence electrons. The maximum atomic E-state index is 12.5. The number of nitrogens with two attached hydrogens (primary N) is 1. The third-order valence-corrected chi connectivity index (χ3v) is 5.81. The van der Waals surface area contributed by atoms with Gasteiger partial charge in [-0.25, -0.2) is 0 Å². The van der Waals surface area contributed by atoms with E-state index in [-0.39, 0.29) is 18.4 Å². The molecule has 1 saturated heterocycles. The molecule has 1 heterocycles. The van der Waals surface area contributed by atoms with E-state index in [0.717, 1.165) is 51.1 Å². The molecule has 0 unspecified atom stereocenters. The van der Waals surface area contributed by atoms with Crippen molar-refractivity contribution in [3.63, 3.8) is 0 Å². The Morgan fingerprint density at radius 1 is 1.08 bits per heavy atom. The van der Waals surface area contributed by atoms with Crippen molar-refractivity contribution < 1.29 is 4.79 Å². The molecule has 1 aliphatic heterocycles. The summed E-state index contributed by atoms with van der Waals surface area (Å²) in [4.78, 5) is 14.5. The average Bonchev–Trinajstić information content (AvgIpc) is 2.99. The molecule has 1 aromatic rings. The molecular formula is C20H31ClN2O. The number of piperidine rings is 1. The predicted octanol–water partition coefficient (Wildman–Crippen LogP) is 3.80. The molecule has 1 saturated carbocycles. The van der Waals surface area contributed by atoms with Crippen LogP contribution in [0.2, 0.25) is 0 Å². The van der Waals surface area contributed by atoms with Crippen LogP contribution in [0.5, 0.6) is 0 Å². The molecule has 0 bridgehead atoms. The third-order valence-electron chi connectivity index (χ3n) is 5.81. The van der Waals surface area contributed by atoms with Crippen LogP contribution < -0.4 is 5.73 Å². The van der Waals surface area contributed by atoms with Crippen LogP contribution in [0.1, 0.15) is 50.5 Å². The summed E-state index contributed by atoms with van der Waals surface area (Å²) in [5, 5.41) is 0. The quantitative estimate of drug-likeness (QED) is 0.878. The van der Waals surface area contributed by atoms with Crippen molar-refractivity contribution in [2.45, 2.75) is 57.4 Å². The number of hydrogen-bond donors (Lipinski definition) is 1. The van der Waals surface area contributed by atoms with Crippen LogP contribution in [-0.2, 0) is 11.2 Å². The Morgan fingerprint density at radius 3 is 2.42 bits per heavy atom. The fourth-order valence-electron chi connectivity index (χ4n) is 4.16. The van der Waals surface area contributed by atoms with E-state index in [4.69, 9.17) is 5.73 Å². The lowest BCUT2D eigenvalue weighted by molar-refractivity contribution is -0.133. The van der Waals surface area contributed by atoms with Gasteiger partial charge in [0, 0.05) is 25.6 Å². The van der Waals surface area contributed by atoms with Gasteiger partial charge >= 0.3 is 0 Å². The smallest absolute Gasteiger partial charge is 0.222 e. The van der Waals surface area contributed by atoms with E-state index >= 15 is 0 Å². The van der Waals surface area contributed by atoms with Crippen LogP contribution in [0.15, 0.2) is 30.3 Å². The zero-order valence-corrected chi connectivity index (χ0v) is 15.3. The van der Waals surface area contributed by atoms with Crippen molar-refractivity contribution in [3.05, 3.63) is 35.9 Å². The molecule has 2 fully saturated rings. The van der Waals surface area contributed by atoms with Crippen LogP contribution in [0.3, 0.4) is 0 Å². The lowest BCUT2D eigenvalue weighted by Crippen LogP contribution is -2.40. The second-order valence-electron chi connectivity index (χ2n) is 7.41. The van der Waals surface area contributed by atoms with E-state index in [9.17, 15) is 4.79 Å². The number of hydrogen-bond acceptors (Lipinski definition) is 2. The Hall–Kier alpha value is -1.06. The first-order valence-electron chi connectivity index (χ1n) is 9.29. The summed E-state index contributed by atoms with van der Waals surface area (Å²) in [6, 6.07) is 11.0. The zero-order chi connectivity index (χ0) is 16.1. The van der Waals surface area contributed by atoms with Crippen molar-refractivity contribution in [1.82, 2.24) is 4.90 Å². The summed E-state index contributed by atoms with van der Waals surface area (Å²) < 4.78 is 0. The SMILES string of the molecule is Cl.N[C@@H]1CCC[C@H]1CC(=O)N1CCC(CCc2ccccc2)CC1. The monoisotopic (exact) mass is 350 g/mol. The first kappa shape index (κ1) is 19.3. The Kier molecular flexibility index (Phi) is 7.57. The summed E-state index contributed by atoms with van der Waals surface area (Å²) >= 11 is 0. The largest absolute Gasteiger partial charge is 0.343 e. The van der Waals surface area contributed by atoms with Gasteiger partial charge in [0.2, 0.25) is 5.91 Å². The van der Waals surface area contributed by atoms with Crippen LogP contribution in [0.4, 0.5) is 0 Å². The van der Waals surface area contributed by atoms with Crippen LogP contribution in [0.25, 0.3) is 0 Å². The summed E-state index contributed by atoms with van der Waals surface area (Å²) in [7, 11) is 0. The fourth-order valence-corrected chi connectivity index (χ4v) is 4.16. The first-order valence-corrected chi connectivity index (χ1v) is 9.29. The minimum Gasteiger partial charge on any atom is -0.343 e. The Balaban J connectivity index is 0.00000208. The molecule has 0 aromatic heterocycles. The van der Waals surface area contributed by atoms with Crippen molar-refractivity contribution >= 4 is 18.3 Å². The Bertz CT molecular complexity index is 500. The highest BCUT2D eigenvalue weighted by Crippen LogP contribution is 2.29. The summed E-state index contributed by atoms with van der Waals surface area (Å²) in [6.07, 6.45) is 8.84. The van der Waals surface area contributed by atoms with Gasteiger partial charge < -0.3 is 10.6 Å². The van der Waals surface area contributed by atoms with Gasteiger partial charge in [-0.05, 0) is 55.9 Å². The number of aryl methyl sites for hydroxylation is 1. The highest BCUT2D eigenvalue weighted by molar-refractivity contribution is 5.85. The standard InChI is InChI=1S/C20H30N2O.ClH/c21-19-8-4-7-18(19)15-20(23)22-13-11-17(12-14-22)10-9-16-5-2-1-3-6-16;/h1-3,5-6,17-19H,4,7-15,21H2;1H/t18-,19+;/m0./s1. The molecule has 1 aliphatic carbocycles. The number of likely N-dealkylation sites (tertiary alicyclic amines) is 1. The molecule has 0 spiro atoms. The van der Waals surface area contributed by atoms with E-state index in [0.29, 0.717) is 18.2 Å². The number of benzene rings is 1. The van der Waals surface area contributed by atoms with Gasteiger partial charge in [0.15, 0.2) is 0 Å². The van der Waals surface area contributed by atoms with Crippen LogP contribution >= 0.6 is 12.4 Å². The summed E-state index contributed by atoms with van der Waals surface area (Å²) in [5.74, 6) is 1.54. The van der Waals surface area contributed by atoms with Crippen molar-refractivity contribution in [2.75, 3.05) is 13.1 Å². The van der Waals surface area contributed by atoms with Crippen molar-refractivity contribution in [1.29, 1.82) is 0 Å². The minimum atomic E-state index is 0. The van der Waals surface area contributed by atoms with Gasteiger partial charge in [-0.3, -0.25) is 4.79 Å². The molecule has 3 nitrogen and oxygen atoms in total. The minimum absolute atomic E-state index is 0. The van der Waals surface area contributed by atoms with E-state index < -0.39 is 0 Å². The van der Waals surface area contributed by atoms with Gasteiger partial charge in [-0.2, -0.15) is 0 Å². The first-order chi connectivity index (χ1) is 11.2. The lowest BCUT2D eigenvalue weighted by Gasteiger charge is -2.33. The maximum Gasteiger partial charge on any atom is 0.222 e. The molecule has 3 rings (SSSR count). The molecule has 24 heavy (non-hydrogen) atoms. The zero-order valence-electron chi connectivity index (χ0n) is 14.5. The van der Waals surface area contributed by atoms with Gasteiger partial charge in [-0.15, -0.1) is 12.4 Å². The van der Waals surface area contributed by atoms with E-state index in [2.05, 4.69) is 35.2 Å². The second kappa shape index (κ2) is 9.43. The maximum absolute atomic E-state index is 12.5. The molecule has 2 atom stereocenters. The third kappa shape index (κ3) is 5.22. The van der Waals surface area contributed by atoms with Crippen LogP contribution in [-0.4, -0.2) is 29.9 Å². The second-order valence-corrected chi connectivity index (χ2v) is 7.41. The number of carbonyl (C=O) groups excluding carboxylic acids is 1. The summed E-state index contributed by atoms with van der Waals surface area (Å²) in [6.45, 7) is 1.89. The van der Waals surface area contributed by atoms with E-state index in [1.807, 2.05) is 0 Å². The van der Waals surface area contributed by atoms with Crippen molar-refractivity contribution in [3.8, 4) is 0 Å². The van der Waals surface area contributed by atoms with Crippen molar-refractivity contribution in [2.24, 2.45) is 17.6 Å². The number of rotatable bonds is 5. The molecule has 2 N–H and O–H groups in total. The summed E-state index contributed by atoms with van der Waals surface area (Å²) in [5.41, 5.74) is 7.53. The lowest BCUT2D eigenvalue weighted by atomic mass is 9.90. The van der Waals surface area contributed by atoms with E-state index in [1.54, 1.807) is 0 Å². The van der Waals surface area contributed by atoms with E-state index in [1.165, 1.54) is 18.4 Å². The number of carbonyl (C=O) groups is 1. The normalized spacial score (nSPS) is 24.6. The molecular weight excluding hydrogens is 320 g/mol. The van der Waals surface area contributed by atoms with Gasteiger partial charge in [0.05, 0.1) is 0 Å². The van der Waals surface area contributed by atoms with Gasteiger partial charge in [0.25, 0.3) is 0 Å². The molecule has 0 radical (unpaired) electrons. The highest BCUT2D eigenvalue weighted by Gasteiger charge is 2.29. The molecule has 2 aliphatic rings. The number of halogens is 1. The fraction of sp³-hybridized carbons (Fsp3) is 0.650. The topological polar surface area (TPSA) is 46.3 Å².